The summed E-state index contributed by atoms with van der Waals surface area (Å²) in [4.78, 5) is 12.5. The van der Waals surface area contributed by atoms with Crippen LogP contribution in [-0.4, -0.2) is 51.5 Å². The Labute approximate surface area is 212 Å². The number of methoxy groups -OCH3 is 2. The molecule has 4 rings (SSSR count). The number of aromatic hydroxyl groups is 1. The fraction of sp³-hybridized carbons (Fsp3) is 0.154. The zero-order chi connectivity index (χ0) is 25.5. The molecule has 0 aliphatic rings. The van der Waals surface area contributed by atoms with E-state index in [0.717, 1.165) is 16.8 Å². The molecular weight excluding hydrogens is 478 g/mol. The predicted octanol–water partition coefficient (Wildman–Crippen LogP) is 4.29. The van der Waals surface area contributed by atoms with Crippen molar-refractivity contribution in [2.45, 2.75) is 12.1 Å². The molecule has 0 aliphatic carbocycles. The lowest BCUT2D eigenvalue weighted by atomic mass is 10.1. The number of nitrogens with zero attached hydrogens (tertiary/aromatic N) is 4. The number of phenols is 1. The minimum atomic E-state index is -0.284. The number of aromatic nitrogens is 3. The van der Waals surface area contributed by atoms with Crippen LogP contribution in [-0.2, 0) is 4.79 Å². The van der Waals surface area contributed by atoms with Gasteiger partial charge < -0.3 is 14.6 Å². The number of hydrogen-bond donors (Lipinski definition) is 2. The molecule has 0 saturated carbocycles. The van der Waals surface area contributed by atoms with Crippen LogP contribution < -0.4 is 14.9 Å². The normalized spacial score (nSPS) is 11.2. The molecule has 184 valence electrons. The van der Waals surface area contributed by atoms with E-state index in [0.29, 0.717) is 28.2 Å². The third kappa shape index (κ3) is 5.66. The summed E-state index contributed by atoms with van der Waals surface area (Å²) < 4.78 is 12.7. The number of ether oxygens (including phenoxy) is 2. The van der Waals surface area contributed by atoms with Crippen molar-refractivity contribution in [1.29, 1.82) is 0 Å². The third-order valence-electron chi connectivity index (χ3n) is 5.26. The quantitative estimate of drug-likeness (QED) is 0.199. The maximum atomic E-state index is 12.5. The van der Waals surface area contributed by atoms with E-state index in [1.165, 1.54) is 11.8 Å². The van der Waals surface area contributed by atoms with Gasteiger partial charge in [-0.2, -0.15) is 5.10 Å². The van der Waals surface area contributed by atoms with Gasteiger partial charge in [-0.1, -0.05) is 30.0 Å². The summed E-state index contributed by atoms with van der Waals surface area (Å²) >= 11 is 1.25. The summed E-state index contributed by atoms with van der Waals surface area (Å²) in [7, 11) is 3.16. The molecule has 0 aliphatic heterocycles. The van der Waals surface area contributed by atoms with Crippen molar-refractivity contribution >= 4 is 23.4 Å². The molecule has 1 heterocycles. The lowest BCUT2D eigenvalue weighted by Gasteiger charge is -2.12. The van der Waals surface area contributed by atoms with Crippen LogP contribution in [0.2, 0.25) is 0 Å². The molecule has 0 unspecified atom stereocenters. The highest BCUT2D eigenvalue weighted by atomic mass is 32.2. The highest BCUT2D eigenvalue weighted by molar-refractivity contribution is 7.99. The molecule has 2 N–H and O–H groups in total. The fourth-order valence-electron chi connectivity index (χ4n) is 3.41. The molecule has 0 radical (unpaired) electrons. The monoisotopic (exact) mass is 503 g/mol. The number of thioether (sulfide) groups is 1. The molecule has 4 aromatic rings. The molecular formula is C26H25N5O4S. The Balaban J connectivity index is 1.55. The Morgan fingerprint density at radius 3 is 2.42 bits per heavy atom. The molecule has 10 heteroatoms. The zero-order valence-electron chi connectivity index (χ0n) is 20.0. The molecule has 9 nitrogen and oxygen atoms in total. The minimum Gasteiger partial charge on any atom is -0.508 e. The first kappa shape index (κ1) is 24.8. The van der Waals surface area contributed by atoms with Crippen LogP contribution in [0.15, 0.2) is 83.1 Å². The van der Waals surface area contributed by atoms with Crippen LogP contribution in [0, 0.1) is 0 Å². The average Bonchev–Trinajstić information content (AvgIpc) is 3.35. The van der Waals surface area contributed by atoms with Gasteiger partial charge in [-0.25, -0.2) is 5.43 Å². The number of hydrogen-bond acceptors (Lipinski definition) is 8. The van der Waals surface area contributed by atoms with Crippen molar-refractivity contribution in [3.63, 3.8) is 0 Å². The van der Waals surface area contributed by atoms with Crippen molar-refractivity contribution in [1.82, 2.24) is 20.2 Å². The number of carbonyl (C=O) groups excluding carboxylic acids is 1. The van der Waals surface area contributed by atoms with Crippen LogP contribution in [0.5, 0.6) is 17.2 Å². The van der Waals surface area contributed by atoms with Crippen molar-refractivity contribution < 1.29 is 19.4 Å². The van der Waals surface area contributed by atoms with Crippen molar-refractivity contribution in [3.05, 3.63) is 78.4 Å². The van der Waals surface area contributed by atoms with Gasteiger partial charge in [0.05, 0.1) is 25.7 Å². The molecule has 36 heavy (non-hydrogen) atoms. The first-order chi connectivity index (χ1) is 17.5. The highest BCUT2D eigenvalue weighted by Crippen LogP contribution is 2.34. The summed E-state index contributed by atoms with van der Waals surface area (Å²) in [5.41, 5.74) is 5.63. The molecule has 1 amide bonds. The van der Waals surface area contributed by atoms with Gasteiger partial charge in [0.2, 0.25) is 0 Å². The second kappa shape index (κ2) is 11.4. The van der Waals surface area contributed by atoms with E-state index < -0.39 is 0 Å². The molecule has 0 spiro atoms. The Bertz CT molecular complexity index is 1370. The number of carbonyl (C=O) groups is 1. The van der Waals surface area contributed by atoms with Gasteiger partial charge in [0.1, 0.15) is 5.75 Å². The van der Waals surface area contributed by atoms with Crippen molar-refractivity contribution in [2.24, 2.45) is 5.10 Å². The molecule has 0 bridgehead atoms. The van der Waals surface area contributed by atoms with E-state index in [1.54, 1.807) is 45.4 Å². The molecule has 0 fully saturated rings. The summed E-state index contributed by atoms with van der Waals surface area (Å²) in [6, 6.07) is 21.8. The number of phenolic OH excluding ortho intramolecular Hbond substituents is 1. The largest absolute Gasteiger partial charge is 0.508 e. The lowest BCUT2D eigenvalue weighted by Crippen LogP contribution is -2.21. The SMILES string of the molecule is COc1ccc(-c2nnc(SCC(=O)N/N=C(\C)c3ccc(O)cc3)n2-c2ccccc2)cc1OC. The van der Waals surface area contributed by atoms with Crippen LogP contribution in [0.3, 0.4) is 0 Å². The van der Waals surface area contributed by atoms with Crippen LogP contribution >= 0.6 is 11.8 Å². The van der Waals surface area contributed by atoms with Gasteiger partial charge in [-0.15, -0.1) is 10.2 Å². The number of hydrazone groups is 1. The number of amides is 1. The molecule has 1 aromatic heterocycles. The maximum Gasteiger partial charge on any atom is 0.250 e. The van der Waals surface area contributed by atoms with E-state index in [9.17, 15) is 9.90 Å². The summed E-state index contributed by atoms with van der Waals surface area (Å²) in [5.74, 6) is 1.76. The van der Waals surface area contributed by atoms with Crippen molar-refractivity contribution in [2.75, 3.05) is 20.0 Å². The number of rotatable bonds is 9. The Kier molecular flexibility index (Phi) is 7.86. The standard InChI is InChI=1S/C26H25N5O4S/c1-17(18-9-12-21(32)13-10-18)27-28-24(33)16-36-26-30-29-25(31(26)20-7-5-4-6-8-20)19-11-14-22(34-2)23(15-19)35-3/h4-15,32H,16H2,1-3H3,(H,28,33)/b27-17+. The molecule has 0 atom stereocenters. The maximum absolute atomic E-state index is 12.5. The van der Waals surface area contributed by atoms with Gasteiger partial charge in [-0.3, -0.25) is 9.36 Å². The first-order valence-electron chi connectivity index (χ1n) is 11.0. The van der Waals surface area contributed by atoms with Crippen molar-refractivity contribution in [3.8, 4) is 34.3 Å². The minimum absolute atomic E-state index is 0.0866. The van der Waals surface area contributed by atoms with Gasteiger partial charge in [0.15, 0.2) is 22.5 Å². The van der Waals surface area contributed by atoms with Gasteiger partial charge in [0, 0.05) is 11.3 Å². The zero-order valence-corrected chi connectivity index (χ0v) is 20.8. The summed E-state index contributed by atoms with van der Waals surface area (Å²) in [6.07, 6.45) is 0. The van der Waals surface area contributed by atoms with E-state index in [1.807, 2.05) is 53.1 Å². The predicted molar refractivity (Wildman–Crippen MR) is 139 cm³/mol. The Morgan fingerprint density at radius 2 is 1.72 bits per heavy atom. The Hall–Kier alpha value is -4.31. The average molecular weight is 504 g/mol. The van der Waals surface area contributed by atoms with E-state index in [4.69, 9.17) is 9.47 Å². The Morgan fingerprint density at radius 1 is 1.00 bits per heavy atom. The lowest BCUT2D eigenvalue weighted by molar-refractivity contribution is -0.118. The summed E-state index contributed by atoms with van der Waals surface area (Å²) in [6.45, 7) is 1.78. The molecule has 3 aromatic carbocycles. The van der Waals surface area contributed by atoms with Gasteiger partial charge in [-0.05, 0) is 67.1 Å². The van der Waals surface area contributed by atoms with E-state index in [2.05, 4.69) is 20.7 Å². The number of benzene rings is 3. The number of nitrogens with one attached hydrogen (secondary N) is 1. The molecule has 0 saturated heterocycles. The third-order valence-corrected chi connectivity index (χ3v) is 6.18. The smallest absolute Gasteiger partial charge is 0.250 e. The number of para-hydroxylation sites is 1. The second-order valence-corrected chi connectivity index (χ2v) is 8.56. The van der Waals surface area contributed by atoms with Crippen LogP contribution in [0.4, 0.5) is 0 Å². The summed E-state index contributed by atoms with van der Waals surface area (Å²) in [5, 5.41) is 22.9. The first-order valence-corrected chi connectivity index (χ1v) is 12.0. The van der Waals surface area contributed by atoms with Crippen LogP contribution in [0.1, 0.15) is 12.5 Å². The van der Waals surface area contributed by atoms with Crippen LogP contribution in [0.25, 0.3) is 17.1 Å². The topological polar surface area (TPSA) is 111 Å². The fourth-order valence-corrected chi connectivity index (χ4v) is 4.16. The second-order valence-electron chi connectivity index (χ2n) is 7.61. The van der Waals surface area contributed by atoms with Gasteiger partial charge >= 0.3 is 0 Å². The van der Waals surface area contributed by atoms with E-state index in [-0.39, 0.29) is 17.4 Å². The highest BCUT2D eigenvalue weighted by Gasteiger charge is 2.18. The van der Waals surface area contributed by atoms with E-state index >= 15 is 0 Å². The van der Waals surface area contributed by atoms with Gasteiger partial charge in [0.25, 0.3) is 5.91 Å².